The lowest BCUT2D eigenvalue weighted by molar-refractivity contribution is 0.569. The van der Waals surface area contributed by atoms with Crippen LogP contribution in [0.4, 0.5) is 8.78 Å². The fraction of sp³-hybridized carbons (Fsp3) is 0.105. The first-order chi connectivity index (χ1) is 10.5. The number of pyridine rings is 1. The average molecular weight is 295 g/mol. The van der Waals surface area contributed by atoms with Gasteiger partial charge < -0.3 is 0 Å². The highest BCUT2D eigenvalue weighted by Gasteiger charge is 2.09. The second kappa shape index (κ2) is 5.68. The van der Waals surface area contributed by atoms with Crippen LogP contribution < -0.4 is 0 Å². The van der Waals surface area contributed by atoms with Crippen molar-refractivity contribution in [3.63, 3.8) is 0 Å². The molecule has 0 aliphatic carbocycles. The third kappa shape index (κ3) is 2.75. The molecule has 0 fully saturated rings. The van der Waals surface area contributed by atoms with Crippen molar-refractivity contribution in [3.8, 4) is 22.4 Å². The summed E-state index contributed by atoms with van der Waals surface area (Å²) in [4.78, 5) is 4.33. The zero-order chi connectivity index (χ0) is 15.7. The summed E-state index contributed by atoms with van der Waals surface area (Å²) in [5.74, 6) is -1.11. The molecule has 3 heteroatoms. The molecular weight excluding hydrogens is 280 g/mol. The van der Waals surface area contributed by atoms with Crippen LogP contribution in [-0.4, -0.2) is 4.98 Å². The van der Waals surface area contributed by atoms with Crippen LogP contribution >= 0.6 is 0 Å². The fourth-order valence-electron chi connectivity index (χ4n) is 2.27. The Bertz CT molecular complexity index is 783. The van der Waals surface area contributed by atoms with Gasteiger partial charge in [0.2, 0.25) is 0 Å². The summed E-state index contributed by atoms with van der Waals surface area (Å²) >= 11 is 0. The van der Waals surface area contributed by atoms with E-state index in [2.05, 4.69) is 4.98 Å². The Morgan fingerprint density at radius 1 is 0.727 bits per heavy atom. The summed E-state index contributed by atoms with van der Waals surface area (Å²) in [5.41, 5.74) is 4.24. The molecule has 0 saturated heterocycles. The van der Waals surface area contributed by atoms with Crippen LogP contribution in [0.1, 0.15) is 11.1 Å². The number of rotatable bonds is 2. The van der Waals surface area contributed by atoms with E-state index in [0.717, 1.165) is 11.1 Å². The van der Waals surface area contributed by atoms with Gasteiger partial charge in [-0.25, -0.2) is 8.78 Å². The Morgan fingerprint density at radius 3 is 1.86 bits per heavy atom. The van der Waals surface area contributed by atoms with E-state index in [4.69, 9.17) is 0 Å². The highest BCUT2D eigenvalue weighted by atomic mass is 19.1. The van der Waals surface area contributed by atoms with E-state index in [1.807, 2.05) is 37.3 Å². The van der Waals surface area contributed by atoms with Crippen molar-refractivity contribution in [2.24, 2.45) is 0 Å². The molecule has 3 rings (SSSR count). The first-order valence-corrected chi connectivity index (χ1v) is 7.04. The minimum absolute atomic E-state index is 0.0278. The molecule has 0 unspecified atom stereocenters. The summed E-state index contributed by atoms with van der Waals surface area (Å²) in [6.07, 6.45) is 1.72. The van der Waals surface area contributed by atoms with Crippen LogP contribution in [0.15, 0.2) is 54.7 Å². The van der Waals surface area contributed by atoms with Gasteiger partial charge >= 0.3 is 0 Å². The third-order valence-corrected chi connectivity index (χ3v) is 3.73. The predicted molar refractivity (Wildman–Crippen MR) is 84.5 cm³/mol. The van der Waals surface area contributed by atoms with Crippen molar-refractivity contribution >= 4 is 0 Å². The molecule has 0 aliphatic heterocycles. The molecule has 1 nitrogen and oxygen atoms in total. The molecule has 0 radical (unpaired) electrons. The molecule has 0 atom stereocenters. The number of hydrogen-bond acceptors (Lipinski definition) is 1. The standard InChI is InChI=1S/C19H15F2N/c1-12-3-5-14(6-4-12)15-7-8-19(22-11-15)16-9-17(20)13(2)18(21)10-16/h3-11H,1-2H3. The summed E-state index contributed by atoms with van der Waals surface area (Å²) in [7, 11) is 0. The molecule has 1 heterocycles. The number of nitrogens with zero attached hydrogens (tertiary/aromatic N) is 1. The topological polar surface area (TPSA) is 12.9 Å². The number of aromatic nitrogens is 1. The van der Waals surface area contributed by atoms with Gasteiger partial charge in [-0.05, 0) is 37.6 Å². The Morgan fingerprint density at radius 2 is 1.32 bits per heavy atom. The zero-order valence-electron chi connectivity index (χ0n) is 12.4. The molecule has 0 N–H and O–H groups in total. The van der Waals surface area contributed by atoms with Crippen molar-refractivity contribution in [2.45, 2.75) is 13.8 Å². The predicted octanol–water partition coefficient (Wildman–Crippen LogP) is 5.31. The largest absolute Gasteiger partial charge is 0.256 e. The molecule has 0 spiro atoms. The van der Waals surface area contributed by atoms with E-state index in [1.165, 1.54) is 24.6 Å². The van der Waals surface area contributed by atoms with Crippen LogP contribution in [0.5, 0.6) is 0 Å². The van der Waals surface area contributed by atoms with Gasteiger partial charge in [0, 0.05) is 22.9 Å². The van der Waals surface area contributed by atoms with Gasteiger partial charge in [-0.3, -0.25) is 4.98 Å². The summed E-state index contributed by atoms with van der Waals surface area (Å²) in [6.45, 7) is 3.45. The normalized spacial score (nSPS) is 10.7. The highest BCUT2D eigenvalue weighted by molar-refractivity contribution is 5.67. The van der Waals surface area contributed by atoms with Crippen molar-refractivity contribution in [3.05, 3.63) is 77.5 Å². The van der Waals surface area contributed by atoms with E-state index >= 15 is 0 Å². The summed E-state index contributed by atoms with van der Waals surface area (Å²) < 4.78 is 27.3. The molecular formula is C19H15F2N. The van der Waals surface area contributed by atoms with E-state index < -0.39 is 11.6 Å². The van der Waals surface area contributed by atoms with Gasteiger partial charge in [0.15, 0.2) is 0 Å². The molecule has 22 heavy (non-hydrogen) atoms. The molecule has 0 bridgehead atoms. The third-order valence-electron chi connectivity index (χ3n) is 3.73. The second-order valence-electron chi connectivity index (χ2n) is 5.36. The molecule has 2 aromatic carbocycles. The van der Waals surface area contributed by atoms with Gasteiger partial charge in [-0.1, -0.05) is 35.9 Å². The van der Waals surface area contributed by atoms with E-state index in [-0.39, 0.29) is 5.56 Å². The Kier molecular flexibility index (Phi) is 3.72. The van der Waals surface area contributed by atoms with Crippen LogP contribution in [0, 0.1) is 25.5 Å². The molecule has 0 amide bonds. The second-order valence-corrected chi connectivity index (χ2v) is 5.36. The number of benzene rings is 2. The average Bonchev–Trinajstić information content (AvgIpc) is 2.53. The highest BCUT2D eigenvalue weighted by Crippen LogP contribution is 2.25. The van der Waals surface area contributed by atoms with Crippen molar-refractivity contribution in [1.82, 2.24) is 4.98 Å². The zero-order valence-corrected chi connectivity index (χ0v) is 12.4. The van der Waals surface area contributed by atoms with Gasteiger partial charge in [0.25, 0.3) is 0 Å². The summed E-state index contributed by atoms with van der Waals surface area (Å²) in [6, 6.07) is 14.4. The van der Waals surface area contributed by atoms with Gasteiger partial charge in [0.1, 0.15) is 11.6 Å². The maximum atomic E-state index is 13.6. The van der Waals surface area contributed by atoms with Crippen molar-refractivity contribution in [2.75, 3.05) is 0 Å². The Hall–Kier alpha value is -2.55. The van der Waals surface area contributed by atoms with Crippen LogP contribution in [0.3, 0.4) is 0 Å². The van der Waals surface area contributed by atoms with Crippen LogP contribution in [0.25, 0.3) is 22.4 Å². The lowest BCUT2D eigenvalue weighted by Gasteiger charge is -2.06. The maximum absolute atomic E-state index is 13.6. The monoisotopic (exact) mass is 295 g/mol. The minimum Gasteiger partial charge on any atom is -0.256 e. The quantitative estimate of drug-likeness (QED) is 0.624. The lowest BCUT2D eigenvalue weighted by atomic mass is 10.0. The lowest BCUT2D eigenvalue weighted by Crippen LogP contribution is -1.92. The van der Waals surface area contributed by atoms with Gasteiger partial charge in [-0.2, -0.15) is 0 Å². The molecule has 0 aliphatic rings. The molecule has 3 aromatic rings. The Balaban J connectivity index is 1.96. The molecule has 110 valence electrons. The SMILES string of the molecule is Cc1ccc(-c2ccc(-c3cc(F)c(C)c(F)c3)nc2)cc1. The Labute approximate surface area is 128 Å². The van der Waals surface area contributed by atoms with Crippen molar-refractivity contribution < 1.29 is 8.78 Å². The smallest absolute Gasteiger partial charge is 0.129 e. The van der Waals surface area contributed by atoms with E-state index in [9.17, 15) is 8.78 Å². The summed E-state index contributed by atoms with van der Waals surface area (Å²) in [5, 5.41) is 0. The molecule has 0 saturated carbocycles. The van der Waals surface area contributed by atoms with E-state index in [0.29, 0.717) is 11.3 Å². The van der Waals surface area contributed by atoms with Gasteiger partial charge in [0.05, 0.1) is 5.69 Å². The van der Waals surface area contributed by atoms with Gasteiger partial charge in [-0.15, -0.1) is 0 Å². The number of hydrogen-bond donors (Lipinski definition) is 0. The maximum Gasteiger partial charge on any atom is 0.129 e. The van der Waals surface area contributed by atoms with Crippen LogP contribution in [-0.2, 0) is 0 Å². The first-order valence-electron chi connectivity index (χ1n) is 7.04. The molecule has 1 aromatic heterocycles. The number of aryl methyl sites for hydroxylation is 1. The fourth-order valence-corrected chi connectivity index (χ4v) is 2.27. The van der Waals surface area contributed by atoms with Crippen LogP contribution in [0.2, 0.25) is 0 Å². The van der Waals surface area contributed by atoms with Crippen molar-refractivity contribution in [1.29, 1.82) is 0 Å². The van der Waals surface area contributed by atoms with E-state index in [1.54, 1.807) is 12.3 Å². The first kappa shape index (κ1) is 14.4. The minimum atomic E-state index is -0.556. The number of halogens is 2.